The first-order chi connectivity index (χ1) is 13.0. The molecule has 0 bridgehead atoms. The summed E-state index contributed by atoms with van der Waals surface area (Å²) in [7, 11) is 0. The maximum Gasteiger partial charge on any atom is 0.267 e. The summed E-state index contributed by atoms with van der Waals surface area (Å²) in [5.74, 6) is 0.934. The second-order valence-corrected chi connectivity index (χ2v) is 6.46. The Bertz CT molecular complexity index is 998. The third kappa shape index (κ3) is 4.13. The van der Waals surface area contributed by atoms with Crippen molar-refractivity contribution in [1.82, 2.24) is 19.7 Å². The summed E-state index contributed by atoms with van der Waals surface area (Å²) in [6, 6.07) is 10.8. The van der Waals surface area contributed by atoms with Crippen molar-refractivity contribution in [3.8, 4) is 28.3 Å². The first-order valence-electron chi connectivity index (χ1n) is 8.95. The van der Waals surface area contributed by atoms with Crippen LogP contribution >= 0.6 is 0 Å². The van der Waals surface area contributed by atoms with Gasteiger partial charge in [-0.25, -0.2) is 14.6 Å². The molecule has 0 atom stereocenters. The minimum absolute atomic E-state index is 0.0543. The molecular weight excluding hydrogens is 342 g/mol. The van der Waals surface area contributed by atoms with Crippen molar-refractivity contribution in [3.63, 3.8) is 0 Å². The predicted molar refractivity (Wildman–Crippen MR) is 106 cm³/mol. The monoisotopic (exact) mass is 365 g/mol. The van der Waals surface area contributed by atoms with Gasteiger partial charge in [-0.15, -0.1) is 0 Å². The number of nitrogens with two attached hydrogens (primary N) is 1. The van der Waals surface area contributed by atoms with Crippen LogP contribution in [0.5, 0.6) is 5.75 Å². The van der Waals surface area contributed by atoms with Crippen LogP contribution in [0.2, 0.25) is 0 Å². The van der Waals surface area contributed by atoms with Crippen LogP contribution in [-0.2, 0) is 0 Å². The Kier molecular flexibility index (Phi) is 5.49. The average molecular weight is 365 g/mol. The highest BCUT2D eigenvalue weighted by Crippen LogP contribution is 2.31. The fraction of sp³-hybridized carbons (Fsp3) is 0.300. The molecule has 140 valence electrons. The summed E-state index contributed by atoms with van der Waals surface area (Å²) in [5.41, 5.74) is 8.48. The number of nitrogen functional groups attached to an aromatic ring is 1. The second-order valence-electron chi connectivity index (χ2n) is 6.46. The lowest BCUT2D eigenvalue weighted by Gasteiger charge is -2.13. The maximum atomic E-state index is 12.0. The van der Waals surface area contributed by atoms with E-state index >= 15 is 0 Å². The van der Waals surface area contributed by atoms with E-state index in [-0.39, 0.29) is 17.5 Å². The number of benzene rings is 1. The Morgan fingerprint density at radius 2 is 2.04 bits per heavy atom. The highest BCUT2D eigenvalue weighted by Gasteiger charge is 2.14. The second kappa shape index (κ2) is 7.99. The third-order valence-electron chi connectivity index (χ3n) is 3.98. The zero-order valence-electron chi connectivity index (χ0n) is 15.7. The van der Waals surface area contributed by atoms with E-state index in [4.69, 9.17) is 10.5 Å². The van der Waals surface area contributed by atoms with E-state index in [1.54, 1.807) is 12.3 Å². The molecule has 7 nitrogen and oxygen atoms in total. The van der Waals surface area contributed by atoms with Crippen LogP contribution in [0.4, 0.5) is 5.95 Å². The molecule has 0 unspecified atom stereocenters. The van der Waals surface area contributed by atoms with E-state index in [0.29, 0.717) is 23.6 Å². The summed E-state index contributed by atoms with van der Waals surface area (Å²) in [5, 5.41) is 4.48. The highest BCUT2D eigenvalue weighted by molar-refractivity contribution is 5.79. The minimum atomic E-state index is -0.151. The molecule has 3 aromatic rings. The average Bonchev–Trinajstić information content (AvgIpc) is 2.67. The predicted octanol–water partition coefficient (Wildman–Crippen LogP) is 3.32. The molecule has 27 heavy (non-hydrogen) atoms. The van der Waals surface area contributed by atoms with Gasteiger partial charge in [-0.3, -0.25) is 4.79 Å². The Balaban J connectivity index is 2.12. The standard InChI is InChI=1S/C20H23N5O2/c1-4-10-27-15-7-5-6-14(11-15)19-16(12-22-20(21)23-19)17-8-9-18(26)25(24-17)13(2)3/h5-9,11-13H,4,10H2,1-3H3,(H2,21,22,23). The fourth-order valence-electron chi connectivity index (χ4n) is 2.69. The smallest absolute Gasteiger partial charge is 0.267 e. The number of aromatic nitrogens is 4. The summed E-state index contributed by atoms with van der Waals surface area (Å²) in [6.07, 6.45) is 2.56. The van der Waals surface area contributed by atoms with Crippen LogP contribution in [0.3, 0.4) is 0 Å². The first kappa shape index (κ1) is 18.6. The van der Waals surface area contributed by atoms with E-state index in [0.717, 1.165) is 17.7 Å². The Labute approximate surface area is 157 Å². The van der Waals surface area contributed by atoms with Gasteiger partial charge in [0.25, 0.3) is 5.56 Å². The number of rotatable bonds is 6. The Hall–Kier alpha value is -3.22. The molecule has 0 fully saturated rings. The molecule has 0 spiro atoms. The van der Waals surface area contributed by atoms with Crippen molar-refractivity contribution >= 4 is 5.95 Å². The van der Waals surface area contributed by atoms with Crippen LogP contribution in [-0.4, -0.2) is 26.4 Å². The number of hydrogen-bond donors (Lipinski definition) is 1. The Morgan fingerprint density at radius 1 is 1.22 bits per heavy atom. The zero-order valence-corrected chi connectivity index (χ0v) is 15.7. The molecular formula is C20H23N5O2. The molecule has 2 N–H and O–H groups in total. The lowest BCUT2D eigenvalue weighted by molar-refractivity contribution is 0.317. The minimum Gasteiger partial charge on any atom is -0.494 e. The third-order valence-corrected chi connectivity index (χ3v) is 3.98. The van der Waals surface area contributed by atoms with Crippen molar-refractivity contribution in [3.05, 3.63) is 52.9 Å². The summed E-state index contributed by atoms with van der Waals surface area (Å²) < 4.78 is 7.16. The largest absolute Gasteiger partial charge is 0.494 e. The molecule has 0 aliphatic heterocycles. The molecule has 2 aromatic heterocycles. The molecule has 7 heteroatoms. The Morgan fingerprint density at radius 3 is 2.78 bits per heavy atom. The molecule has 1 aromatic carbocycles. The van der Waals surface area contributed by atoms with Gasteiger partial charge in [0.1, 0.15) is 5.75 Å². The summed E-state index contributed by atoms with van der Waals surface area (Å²) >= 11 is 0. The van der Waals surface area contributed by atoms with Crippen LogP contribution in [0, 0.1) is 0 Å². The van der Waals surface area contributed by atoms with Crippen LogP contribution in [0.25, 0.3) is 22.5 Å². The number of nitrogens with zero attached hydrogens (tertiary/aromatic N) is 4. The summed E-state index contributed by atoms with van der Waals surface area (Å²) in [4.78, 5) is 20.6. The number of anilines is 1. The maximum absolute atomic E-state index is 12.0. The van der Waals surface area contributed by atoms with Crippen LogP contribution in [0.1, 0.15) is 33.2 Å². The quantitative estimate of drug-likeness (QED) is 0.720. The van der Waals surface area contributed by atoms with E-state index < -0.39 is 0 Å². The van der Waals surface area contributed by atoms with Gasteiger partial charge in [0.2, 0.25) is 5.95 Å². The lowest BCUT2D eigenvalue weighted by Crippen LogP contribution is -2.24. The highest BCUT2D eigenvalue weighted by atomic mass is 16.5. The van der Waals surface area contributed by atoms with Crippen LogP contribution < -0.4 is 16.0 Å². The molecule has 0 saturated heterocycles. The normalized spacial score (nSPS) is 11.0. The van der Waals surface area contributed by atoms with E-state index in [9.17, 15) is 4.79 Å². The van der Waals surface area contributed by atoms with Gasteiger partial charge in [0.05, 0.1) is 24.0 Å². The van der Waals surface area contributed by atoms with Crippen molar-refractivity contribution in [1.29, 1.82) is 0 Å². The van der Waals surface area contributed by atoms with Gasteiger partial charge < -0.3 is 10.5 Å². The van der Waals surface area contributed by atoms with Gasteiger partial charge in [-0.05, 0) is 38.5 Å². The van der Waals surface area contributed by atoms with E-state index in [1.165, 1.54) is 10.7 Å². The topological polar surface area (TPSA) is 95.9 Å². The van der Waals surface area contributed by atoms with Gasteiger partial charge in [0.15, 0.2) is 0 Å². The molecule has 0 saturated carbocycles. The van der Waals surface area contributed by atoms with Gasteiger partial charge in [0, 0.05) is 23.4 Å². The lowest BCUT2D eigenvalue weighted by atomic mass is 10.0. The van der Waals surface area contributed by atoms with Crippen molar-refractivity contribution in [2.75, 3.05) is 12.3 Å². The zero-order chi connectivity index (χ0) is 19.4. The van der Waals surface area contributed by atoms with Crippen molar-refractivity contribution < 1.29 is 4.74 Å². The number of ether oxygens (including phenoxy) is 1. The molecule has 0 aliphatic carbocycles. The molecule has 3 rings (SSSR count). The van der Waals surface area contributed by atoms with Crippen LogP contribution in [0.15, 0.2) is 47.4 Å². The SMILES string of the molecule is CCCOc1cccc(-c2nc(N)ncc2-c2ccc(=O)n(C(C)C)n2)c1. The van der Waals surface area contributed by atoms with Gasteiger partial charge in [-0.1, -0.05) is 19.1 Å². The van der Waals surface area contributed by atoms with E-state index in [1.807, 2.05) is 38.1 Å². The van der Waals surface area contributed by atoms with Gasteiger partial charge in [-0.2, -0.15) is 5.10 Å². The summed E-state index contributed by atoms with van der Waals surface area (Å²) in [6.45, 7) is 6.52. The van der Waals surface area contributed by atoms with Gasteiger partial charge >= 0.3 is 0 Å². The molecule has 0 amide bonds. The number of hydrogen-bond acceptors (Lipinski definition) is 6. The molecule has 2 heterocycles. The van der Waals surface area contributed by atoms with E-state index in [2.05, 4.69) is 22.0 Å². The fourth-order valence-corrected chi connectivity index (χ4v) is 2.69. The molecule has 0 radical (unpaired) electrons. The molecule has 0 aliphatic rings. The van der Waals surface area contributed by atoms with Crippen molar-refractivity contribution in [2.45, 2.75) is 33.2 Å². The first-order valence-corrected chi connectivity index (χ1v) is 8.95. The van der Waals surface area contributed by atoms with Crippen molar-refractivity contribution in [2.24, 2.45) is 0 Å².